The second-order valence-corrected chi connectivity index (χ2v) is 6.19. The number of likely N-dealkylation sites (tertiary alicyclic amines) is 1. The van der Waals surface area contributed by atoms with Gasteiger partial charge in [-0.05, 0) is 43.0 Å². The molecule has 0 radical (unpaired) electrons. The number of hydrogen-bond acceptors (Lipinski definition) is 2. The Kier molecular flexibility index (Phi) is 7.06. The lowest BCUT2D eigenvalue weighted by molar-refractivity contribution is 0.186. The Morgan fingerprint density at radius 1 is 1.19 bits per heavy atom. The highest BCUT2D eigenvalue weighted by atomic mass is 19.1. The molecule has 0 aliphatic carbocycles. The van der Waals surface area contributed by atoms with Gasteiger partial charge in [0.05, 0.1) is 6.20 Å². The highest BCUT2D eigenvalue weighted by Crippen LogP contribution is 2.26. The zero-order valence-electron chi connectivity index (χ0n) is 15.4. The molecule has 1 aliphatic heterocycles. The number of rotatable bonds is 2. The van der Waals surface area contributed by atoms with Crippen LogP contribution < -0.4 is 5.32 Å². The van der Waals surface area contributed by atoms with E-state index in [0.29, 0.717) is 17.2 Å². The van der Waals surface area contributed by atoms with Crippen LogP contribution in [0.4, 0.5) is 19.3 Å². The summed E-state index contributed by atoms with van der Waals surface area (Å²) in [6.07, 6.45) is 4.41. The SMILES string of the molecule is CC.CC1CCN(C(=O)Nc2ccc(F)c(-c3cncc(F)c3)c2)CC1.[HH]. The van der Waals surface area contributed by atoms with E-state index >= 15 is 0 Å². The van der Waals surface area contributed by atoms with E-state index in [1.807, 2.05) is 13.8 Å². The predicted octanol–water partition coefficient (Wildman–Crippen LogP) is 5.56. The molecule has 0 spiro atoms. The number of carbonyl (C=O) groups is 1. The number of hydrogen-bond donors (Lipinski definition) is 1. The van der Waals surface area contributed by atoms with Gasteiger partial charge < -0.3 is 10.2 Å². The Hall–Kier alpha value is -2.50. The molecule has 2 aromatic rings. The Morgan fingerprint density at radius 3 is 2.54 bits per heavy atom. The molecule has 0 unspecified atom stereocenters. The normalized spacial score (nSPS) is 14.4. The van der Waals surface area contributed by atoms with Gasteiger partial charge in [0, 0.05) is 37.5 Å². The van der Waals surface area contributed by atoms with Gasteiger partial charge in [-0.15, -0.1) is 0 Å². The van der Waals surface area contributed by atoms with Crippen molar-refractivity contribution in [2.75, 3.05) is 18.4 Å². The van der Waals surface area contributed by atoms with Gasteiger partial charge in [-0.2, -0.15) is 0 Å². The first kappa shape index (κ1) is 19.8. The van der Waals surface area contributed by atoms with Gasteiger partial charge in [0.2, 0.25) is 0 Å². The number of aromatic nitrogens is 1. The predicted molar refractivity (Wildman–Crippen MR) is 102 cm³/mol. The summed E-state index contributed by atoms with van der Waals surface area (Å²) in [5.74, 6) is -0.400. The maximum atomic E-state index is 14.0. The van der Waals surface area contributed by atoms with Crippen molar-refractivity contribution in [1.82, 2.24) is 9.88 Å². The van der Waals surface area contributed by atoms with Gasteiger partial charge in [0.15, 0.2) is 0 Å². The smallest absolute Gasteiger partial charge is 0.321 e. The minimum Gasteiger partial charge on any atom is -0.325 e. The number of benzene rings is 1. The lowest BCUT2D eigenvalue weighted by atomic mass is 10.00. The van der Waals surface area contributed by atoms with Crippen molar-refractivity contribution in [3.8, 4) is 11.1 Å². The van der Waals surface area contributed by atoms with Gasteiger partial charge in [-0.25, -0.2) is 13.6 Å². The number of anilines is 1. The minimum absolute atomic E-state index is 0. The average molecular weight is 363 g/mol. The highest BCUT2D eigenvalue weighted by Gasteiger charge is 2.20. The van der Waals surface area contributed by atoms with E-state index in [0.717, 1.165) is 32.1 Å². The lowest BCUT2D eigenvalue weighted by Gasteiger charge is -2.30. The van der Waals surface area contributed by atoms with Gasteiger partial charge >= 0.3 is 6.03 Å². The molecule has 1 fully saturated rings. The average Bonchev–Trinajstić information content (AvgIpc) is 2.65. The molecule has 0 bridgehead atoms. The number of nitrogens with zero attached hydrogens (tertiary/aromatic N) is 2. The summed E-state index contributed by atoms with van der Waals surface area (Å²) in [5.41, 5.74) is 1.00. The third-order valence-corrected chi connectivity index (χ3v) is 4.30. The van der Waals surface area contributed by atoms with Crippen LogP contribution in [0.2, 0.25) is 0 Å². The number of halogens is 2. The molecular formula is C20H27F2N3O. The molecule has 2 amide bonds. The number of carbonyl (C=O) groups excluding carboxylic acids is 1. The Morgan fingerprint density at radius 2 is 1.88 bits per heavy atom. The fourth-order valence-electron chi connectivity index (χ4n) is 2.80. The number of pyridine rings is 1. The number of amides is 2. The van der Waals surface area contributed by atoms with Gasteiger partial charge in [-0.1, -0.05) is 20.8 Å². The van der Waals surface area contributed by atoms with Gasteiger partial charge in [-0.3, -0.25) is 4.98 Å². The second-order valence-electron chi connectivity index (χ2n) is 6.19. The molecule has 4 nitrogen and oxygen atoms in total. The van der Waals surface area contributed by atoms with Crippen molar-refractivity contribution in [3.05, 3.63) is 48.3 Å². The molecule has 1 aromatic carbocycles. The minimum atomic E-state index is -0.538. The quantitative estimate of drug-likeness (QED) is 0.759. The van der Waals surface area contributed by atoms with E-state index in [4.69, 9.17) is 0 Å². The van der Waals surface area contributed by atoms with Crippen LogP contribution in [0.5, 0.6) is 0 Å². The summed E-state index contributed by atoms with van der Waals surface area (Å²) in [5, 5.41) is 2.78. The first-order valence-corrected chi connectivity index (χ1v) is 8.99. The molecule has 1 N–H and O–H groups in total. The molecule has 0 saturated carbocycles. The number of piperidine rings is 1. The molecular weight excluding hydrogens is 336 g/mol. The third-order valence-electron chi connectivity index (χ3n) is 4.30. The Labute approximate surface area is 154 Å². The molecule has 2 heterocycles. The number of urea groups is 1. The summed E-state index contributed by atoms with van der Waals surface area (Å²) >= 11 is 0. The topological polar surface area (TPSA) is 45.2 Å². The van der Waals surface area contributed by atoms with Crippen molar-refractivity contribution in [1.29, 1.82) is 0 Å². The lowest BCUT2D eigenvalue weighted by Crippen LogP contribution is -2.40. The molecule has 142 valence electrons. The number of nitrogens with one attached hydrogen (secondary N) is 1. The Balaban J connectivity index is 0.00000118. The van der Waals surface area contributed by atoms with Crippen LogP contribution in [0.25, 0.3) is 11.1 Å². The van der Waals surface area contributed by atoms with E-state index < -0.39 is 11.6 Å². The maximum absolute atomic E-state index is 14.0. The van der Waals surface area contributed by atoms with Crippen LogP contribution >= 0.6 is 0 Å². The Bertz CT molecular complexity index is 750. The molecule has 6 heteroatoms. The molecule has 3 rings (SSSR count). The van der Waals surface area contributed by atoms with E-state index in [1.165, 1.54) is 30.5 Å². The largest absolute Gasteiger partial charge is 0.325 e. The van der Waals surface area contributed by atoms with Crippen LogP contribution in [-0.4, -0.2) is 29.0 Å². The summed E-state index contributed by atoms with van der Waals surface area (Å²) in [7, 11) is 0. The van der Waals surface area contributed by atoms with Crippen molar-refractivity contribution in [2.24, 2.45) is 5.92 Å². The standard InChI is InChI=1S/C18H19F2N3O.C2H6.H2/c1-12-4-6-23(7-5-12)18(24)22-15-2-3-17(20)16(9-15)13-8-14(19)11-21-10-13;1-2;/h2-3,8-12H,4-7H2,1H3,(H,22,24);1-2H3;1H. The zero-order chi connectivity index (χ0) is 19.1. The van der Waals surface area contributed by atoms with E-state index in [1.54, 1.807) is 4.90 Å². The van der Waals surface area contributed by atoms with Crippen LogP contribution in [0, 0.1) is 17.6 Å². The maximum Gasteiger partial charge on any atom is 0.321 e. The van der Waals surface area contributed by atoms with Gasteiger partial charge in [0.1, 0.15) is 11.6 Å². The van der Waals surface area contributed by atoms with Crippen molar-refractivity contribution >= 4 is 11.7 Å². The zero-order valence-corrected chi connectivity index (χ0v) is 15.4. The van der Waals surface area contributed by atoms with Crippen molar-refractivity contribution < 1.29 is 15.0 Å². The molecule has 0 atom stereocenters. The highest BCUT2D eigenvalue weighted by molar-refractivity contribution is 5.90. The van der Waals surface area contributed by atoms with Gasteiger partial charge in [0.25, 0.3) is 0 Å². The molecule has 1 saturated heterocycles. The fourth-order valence-corrected chi connectivity index (χ4v) is 2.80. The van der Waals surface area contributed by atoms with Crippen molar-refractivity contribution in [3.63, 3.8) is 0 Å². The third kappa shape index (κ3) is 5.00. The summed E-state index contributed by atoms with van der Waals surface area (Å²) < 4.78 is 27.4. The van der Waals surface area contributed by atoms with Crippen molar-refractivity contribution in [2.45, 2.75) is 33.6 Å². The molecule has 1 aliphatic rings. The van der Waals surface area contributed by atoms with Crippen LogP contribution in [0.3, 0.4) is 0 Å². The summed E-state index contributed by atoms with van der Waals surface area (Å²) in [6, 6.07) is 5.26. The van der Waals surface area contributed by atoms with Crippen LogP contribution in [0.15, 0.2) is 36.7 Å². The summed E-state index contributed by atoms with van der Waals surface area (Å²) in [6.45, 7) is 7.61. The van der Waals surface area contributed by atoms with E-state index in [-0.39, 0.29) is 13.0 Å². The first-order valence-electron chi connectivity index (χ1n) is 8.99. The monoisotopic (exact) mass is 363 g/mol. The fraction of sp³-hybridized carbons (Fsp3) is 0.400. The van der Waals surface area contributed by atoms with E-state index in [2.05, 4.69) is 17.2 Å². The molecule has 1 aromatic heterocycles. The van der Waals surface area contributed by atoms with E-state index in [9.17, 15) is 13.6 Å². The van der Waals surface area contributed by atoms with Crippen LogP contribution in [-0.2, 0) is 0 Å². The second kappa shape index (κ2) is 9.27. The summed E-state index contributed by atoms with van der Waals surface area (Å²) in [4.78, 5) is 17.8. The molecule has 26 heavy (non-hydrogen) atoms. The van der Waals surface area contributed by atoms with Crippen LogP contribution in [0.1, 0.15) is 35.0 Å². The first-order chi connectivity index (χ1) is 12.5.